The van der Waals surface area contributed by atoms with Gasteiger partial charge >= 0.3 is 0 Å². The second-order valence-corrected chi connectivity index (χ2v) is 20.9. The van der Waals surface area contributed by atoms with Gasteiger partial charge in [-0.3, -0.25) is 20.2 Å². The highest BCUT2D eigenvalue weighted by atomic mass is 32.2. The van der Waals surface area contributed by atoms with E-state index in [1.165, 1.54) is 55.5 Å². The lowest BCUT2D eigenvalue weighted by Crippen LogP contribution is -2.37. The highest BCUT2D eigenvalue weighted by Gasteiger charge is 2.28. The minimum atomic E-state index is -3.73. The third-order valence-electron chi connectivity index (χ3n) is 8.12. The predicted octanol–water partition coefficient (Wildman–Crippen LogP) is 8.02. The van der Waals surface area contributed by atoms with Crippen LogP contribution in [0.25, 0.3) is 20.4 Å². The summed E-state index contributed by atoms with van der Waals surface area (Å²) in [5.74, 6) is -0.214. The van der Waals surface area contributed by atoms with E-state index in [0.29, 0.717) is 68.0 Å². The van der Waals surface area contributed by atoms with Gasteiger partial charge in [-0.05, 0) is 84.3 Å². The van der Waals surface area contributed by atoms with Gasteiger partial charge in [-0.1, -0.05) is 78.1 Å². The maximum absolute atomic E-state index is 13.5. The Kier molecular flexibility index (Phi) is 13.0. The number of hydrogen-bond acceptors (Lipinski definition) is 10. The van der Waals surface area contributed by atoms with Crippen LogP contribution >= 0.6 is 22.7 Å². The van der Waals surface area contributed by atoms with Crippen LogP contribution in [0.3, 0.4) is 0 Å². The summed E-state index contributed by atoms with van der Waals surface area (Å²) < 4.78 is 58.5. The molecule has 5 rings (SSSR count). The molecule has 54 heavy (non-hydrogen) atoms. The molecule has 0 unspecified atom stereocenters. The molecule has 0 saturated heterocycles. The Morgan fingerprint density at radius 2 is 0.870 bits per heavy atom. The number of nitrogens with one attached hydrogen (secondary N) is 2. The summed E-state index contributed by atoms with van der Waals surface area (Å²) in [6.07, 6.45) is 0. The van der Waals surface area contributed by atoms with Crippen LogP contribution in [0.2, 0.25) is 0 Å². The van der Waals surface area contributed by atoms with Crippen molar-refractivity contribution in [3.05, 3.63) is 71.8 Å². The van der Waals surface area contributed by atoms with E-state index in [-0.39, 0.29) is 33.5 Å². The first kappa shape index (κ1) is 41.4. The fraction of sp³-hybridized carbons (Fsp3) is 0.421. The number of thiazole rings is 2. The topological polar surface area (TPSA) is 159 Å². The average Bonchev–Trinajstić information content (AvgIpc) is 3.68. The maximum Gasteiger partial charge on any atom is 0.257 e. The number of nitrogens with zero attached hydrogens (tertiary/aromatic N) is 4. The van der Waals surface area contributed by atoms with Crippen LogP contribution in [0.15, 0.2) is 70.5 Å². The van der Waals surface area contributed by atoms with Gasteiger partial charge < -0.3 is 0 Å². The lowest BCUT2D eigenvalue weighted by molar-refractivity contribution is 0.101. The summed E-state index contributed by atoms with van der Waals surface area (Å²) in [5.41, 5.74) is 1.72. The summed E-state index contributed by atoms with van der Waals surface area (Å²) in [6.45, 7) is 17.5. The van der Waals surface area contributed by atoms with E-state index in [1.807, 2.05) is 55.4 Å². The first-order valence-electron chi connectivity index (χ1n) is 17.9. The van der Waals surface area contributed by atoms with E-state index in [2.05, 4.69) is 20.6 Å². The standard InChI is InChI=1S/C38H48N6O6S4/c1-23(2)19-43(20-24(3)4)53(47,48)29-13-15-31-33(17-29)51-37(39-31)41-35(45)27-9-11-28(12-10-27)36(46)42-38-40-32-16-14-30(18-34(32)52-38)54(49,50)44(21-25(5)6)22-26(7)8/h9-18,23-26H,19-22H2,1-8H3,(H,39,41,45)(H,40,42,46). The van der Waals surface area contributed by atoms with Gasteiger partial charge in [0.2, 0.25) is 20.0 Å². The number of benzene rings is 3. The van der Waals surface area contributed by atoms with Crippen LogP contribution in [0.4, 0.5) is 10.3 Å². The second-order valence-electron chi connectivity index (χ2n) is 15.0. The molecule has 0 spiro atoms. The van der Waals surface area contributed by atoms with Crippen LogP contribution in [0, 0.1) is 23.7 Å². The van der Waals surface area contributed by atoms with Crippen LogP contribution < -0.4 is 10.6 Å². The van der Waals surface area contributed by atoms with Gasteiger partial charge in [0.15, 0.2) is 10.3 Å². The summed E-state index contributed by atoms with van der Waals surface area (Å²) in [4.78, 5) is 35.6. The predicted molar refractivity (Wildman–Crippen MR) is 218 cm³/mol. The van der Waals surface area contributed by atoms with Crippen molar-refractivity contribution in [2.45, 2.75) is 65.2 Å². The molecule has 0 fully saturated rings. The van der Waals surface area contributed by atoms with Gasteiger partial charge in [0.25, 0.3) is 11.8 Å². The molecule has 0 atom stereocenters. The average molecular weight is 813 g/mol. The SMILES string of the molecule is CC(C)CN(CC(C)C)S(=O)(=O)c1ccc2nc(NC(=O)c3ccc(C(=O)Nc4nc5ccc(S(=O)(=O)N(CC(C)C)CC(C)C)cc5s4)cc3)sc2c1. The van der Waals surface area contributed by atoms with Gasteiger partial charge in [-0.25, -0.2) is 26.8 Å². The minimum absolute atomic E-state index is 0.166. The zero-order valence-corrected chi connectivity index (χ0v) is 35.0. The van der Waals surface area contributed by atoms with Crippen LogP contribution in [0.5, 0.6) is 0 Å². The molecule has 0 aliphatic carbocycles. The number of anilines is 2. The molecular weight excluding hydrogens is 765 g/mol. The van der Waals surface area contributed by atoms with Gasteiger partial charge in [0.05, 0.1) is 30.2 Å². The molecular formula is C38H48N6O6S4. The highest BCUT2D eigenvalue weighted by molar-refractivity contribution is 7.89. The molecule has 0 bridgehead atoms. The van der Waals surface area contributed by atoms with E-state index >= 15 is 0 Å². The summed E-state index contributed by atoms with van der Waals surface area (Å²) >= 11 is 2.35. The number of carbonyl (C=O) groups is 2. The Bertz CT molecular complexity index is 2170. The van der Waals surface area contributed by atoms with Crippen LogP contribution in [-0.2, 0) is 20.0 Å². The van der Waals surface area contributed by atoms with Crippen molar-refractivity contribution in [3.8, 4) is 0 Å². The zero-order chi connectivity index (χ0) is 39.5. The lowest BCUT2D eigenvalue weighted by Gasteiger charge is -2.25. The lowest BCUT2D eigenvalue weighted by atomic mass is 10.1. The summed E-state index contributed by atoms with van der Waals surface area (Å²) in [7, 11) is -7.46. The largest absolute Gasteiger partial charge is 0.298 e. The molecule has 2 N–H and O–H groups in total. The Balaban J connectivity index is 1.25. The smallest absolute Gasteiger partial charge is 0.257 e. The number of carbonyl (C=O) groups excluding carboxylic acids is 2. The van der Waals surface area contributed by atoms with Crippen molar-refractivity contribution in [1.82, 2.24) is 18.6 Å². The monoisotopic (exact) mass is 812 g/mol. The molecule has 290 valence electrons. The summed E-state index contributed by atoms with van der Waals surface area (Å²) in [6, 6.07) is 15.7. The van der Waals surface area contributed by atoms with Crippen LogP contribution in [0.1, 0.15) is 76.1 Å². The molecule has 0 aliphatic heterocycles. The molecule has 3 aromatic carbocycles. The number of hydrogen-bond donors (Lipinski definition) is 2. The van der Waals surface area contributed by atoms with E-state index in [9.17, 15) is 26.4 Å². The first-order valence-corrected chi connectivity index (χ1v) is 22.4. The number of rotatable bonds is 16. The molecule has 2 aromatic heterocycles. The van der Waals surface area contributed by atoms with Crippen molar-refractivity contribution in [2.75, 3.05) is 36.8 Å². The molecule has 16 heteroatoms. The molecule has 5 aromatic rings. The quantitative estimate of drug-likeness (QED) is 0.101. The van der Waals surface area contributed by atoms with Crippen molar-refractivity contribution in [2.24, 2.45) is 23.7 Å². The van der Waals surface area contributed by atoms with Crippen molar-refractivity contribution in [3.63, 3.8) is 0 Å². The van der Waals surface area contributed by atoms with Crippen molar-refractivity contribution >= 4 is 85.2 Å². The molecule has 2 heterocycles. The normalized spacial score (nSPS) is 12.7. The maximum atomic E-state index is 13.5. The fourth-order valence-electron chi connectivity index (χ4n) is 5.82. The van der Waals surface area contributed by atoms with E-state index < -0.39 is 31.9 Å². The first-order chi connectivity index (χ1) is 25.3. The number of sulfonamides is 2. The Morgan fingerprint density at radius 1 is 0.556 bits per heavy atom. The van der Waals surface area contributed by atoms with Crippen LogP contribution in [-0.4, -0.2) is 73.4 Å². The summed E-state index contributed by atoms with van der Waals surface area (Å²) in [5, 5.41) is 6.18. The molecule has 2 amide bonds. The Labute approximate surface area is 326 Å². The third kappa shape index (κ3) is 9.89. The van der Waals surface area contributed by atoms with Gasteiger partial charge in [0, 0.05) is 37.3 Å². The molecule has 12 nitrogen and oxygen atoms in total. The van der Waals surface area contributed by atoms with E-state index in [1.54, 1.807) is 36.4 Å². The third-order valence-corrected chi connectivity index (χ3v) is 13.6. The molecule has 0 saturated carbocycles. The van der Waals surface area contributed by atoms with Gasteiger partial charge in [-0.2, -0.15) is 8.61 Å². The fourth-order valence-corrected chi connectivity index (χ4v) is 11.4. The molecule has 0 aliphatic rings. The Hall–Kier alpha value is -3.80. The minimum Gasteiger partial charge on any atom is -0.298 e. The van der Waals surface area contributed by atoms with Gasteiger partial charge in [-0.15, -0.1) is 0 Å². The number of amides is 2. The van der Waals surface area contributed by atoms with Gasteiger partial charge in [0.1, 0.15) is 0 Å². The highest BCUT2D eigenvalue weighted by Crippen LogP contribution is 2.32. The van der Waals surface area contributed by atoms with E-state index in [0.717, 1.165) is 0 Å². The number of fused-ring (bicyclic) bond motifs is 2. The van der Waals surface area contributed by atoms with E-state index in [4.69, 9.17) is 0 Å². The van der Waals surface area contributed by atoms with Crippen molar-refractivity contribution in [1.29, 1.82) is 0 Å². The Morgan fingerprint density at radius 3 is 1.17 bits per heavy atom. The zero-order valence-electron chi connectivity index (χ0n) is 31.8. The number of aromatic nitrogens is 2. The van der Waals surface area contributed by atoms with Crippen molar-refractivity contribution < 1.29 is 26.4 Å². The second kappa shape index (κ2) is 16.9. The molecule has 0 radical (unpaired) electrons.